The van der Waals surface area contributed by atoms with Gasteiger partial charge in [-0.3, -0.25) is 4.79 Å². The fourth-order valence-electron chi connectivity index (χ4n) is 1.44. The summed E-state index contributed by atoms with van der Waals surface area (Å²) in [5, 5.41) is 3.04. The van der Waals surface area contributed by atoms with Crippen molar-refractivity contribution in [2.45, 2.75) is 33.2 Å². The standard InChI is InChI=1S/C14H20ClNO/c1-13(2,10-15)12(17)16-14(3,4)11-8-6-5-7-9-11/h5-9H,10H2,1-4H3,(H,16,17). The Bertz CT molecular complexity index is 384. The van der Waals surface area contributed by atoms with E-state index in [1.165, 1.54) is 0 Å². The van der Waals surface area contributed by atoms with Crippen molar-refractivity contribution in [3.63, 3.8) is 0 Å². The molecular formula is C14H20ClNO. The smallest absolute Gasteiger partial charge is 0.227 e. The van der Waals surface area contributed by atoms with Gasteiger partial charge < -0.3 is 5.32 Å². The van der Waals surface area contributed by atoms with Crippen molar-refractivity contribution in [1.82, 2.24) is 5.32 Å². The van der Waals surface area contributed by atoms with Crippen LogP contribution in [0.2, 0.25) is 0 Å². The Balaban J connectivity index is 2.84. The quantitative estimate of drug-likeness (QED) is 0.820. The van der Waals surface area contributed by atoms with Crippen LogP contribution in [0, 0.1) is 5.41 Å². The molecule has 17 heavy (non-hydrogen) atoms. The van der Waals surface area contributed by atoms with E-state index < -0.39 is 5.41 Å². The second-order valence-corrected chi connectivity index (χ2v) is 5.73. The van der Waals surface area contributed by atoms with E-state index in [0.717, 1.165) is 5.56 Å². The number of alkyl halides is 1. The van der Waals surface area contributed by atoms with Crippen molar-refractivity contribution >= 4 is 17.5 Å². The summed E-state index contributed by atoms with van der Waals surface area (Å²) in [5.41, 5.74) is 0.147. The normalized spacial score (nSPS) is 12.3. The Kier molecular flexibility index (Phi) is 4.21. The first kappa shape index (κ1) is 14.0. The van der Waals surface area contributed by atoms with Gasteiger partial charge in [0.25, 0.3) is 0 Å². The van der Waals surface area contributed by atoms with Gasteiger partial charge in [-0.1, -0.05) is 30.3 Å². The highest BCUT2D eigenvalue weighted by molar-refractivity contribution is 6.19. The lowest BCUT2D eigenvalue weighted by molar-refractivity contribution is -0.130. The van der Waals surface area contributed by atoms with Crippen LogP contribution < -0.4 is 5.32 Å². The van der Waals surface area contributed by atoms with Crippen molar-refractivity contribution in [3.8, 4) is 0 Å². The van der Waals surface area contributed by atoms with Crippen LogP contribution in [0.15, 0.2) is 30.3 Å². The van der Waals surface area contributed by atoms with Gasteiger partial charge in [0, 0.05) is 5.88 Å². The molecule has 0 bridgehead atoms. The van der Waals surface area contributed by atoms with Gasteiger partial charge in [0.1, 0.15) is 0 Å². The third-order valence-electron chi connectivity index (χ3n) is 2.87. The molecule has 1 N–H and O–H groups in total. The van der Waals surface area contributed by atoms with Crippen LogP contribution in [-0.2, 0) is 10.3 Å². The summed E-state index contributed by atoms with van der Waals surface area (Å²) < 4.78 is 0. The van der Waals surface area contributed by atoms with Crippen LogP contribution in [0.1, 0.15) is 33.3 Å². The van der Waals surface area contributed by atoms with Gasteiger partial charge in [0.2, 0.25) is 5.91 Å². The summed E-state index contributed by atoms with van der Waals surface area (Å²) in [6.07, 6.45) is 0. The van der Waals surface area contributed by atoms with Gasteiger partial charge >= 0.3 is 0 Å². The molecule has 0 unspecified atom stereocenters. The van der Waals surface area contributed by atoms with Crippen molar-refractivity contribution in [2.75, 3.05) is 5.88 Å². The number of carbonyl (C=O) groups excluding carboxylic acids is 1. The van der Waals surface area contributed by atoms with E-state index >= 15 is 0 Å². The first-order valence-corrected chi connectivity index (χ1v) is 6.27. The SMILES string of the molecule is CC(C)(CCl)C(=O)NC(C)(C)c1ccccc1. The molecule has 0 atom stereocenters. The average molecular weight is 254 g/mol. The molecule has 0 aliphatic heterocycles. The molecule has 0 aliphatic rings. The first-order valence-electron chi connectivity index (χ1n) is 5.74. The van der Waals surface area contributed by atoms with E-state index in [1.807, 2.05) is 58.0 Å². The molecule has 0 saturated carbocycles. The molecule has 0 fully saturated rings. The maximum Gasteiger partial charge on any atom is 0.227 e. The Hall–Kier alpha value is -1.02. The minimum Gasteiger partial charge on any atom is -0.347 e. The maximum atomic E-state index is 12.1. The molecule has 1 aromatic carbocycles. The monoisotopic (exact) mass is 253 g/mol. The van der Waals surface area contributed by atoms with Crippen LogP contribution in [0.4, 0.5) is 0 Å². The predicted octanol–water partition coefficient (Wildman–Crippen LogP) is 3.30. The van der Waals surface area contributed by atoms with E-state index in [2.05, 4.69) is 5.32 Å². The largest absolute Gasteiger partial charge is 0.347 e. The second kappa shape index (κ2) is 5.09. The Morgan fingerprint density at radius 3 is 2.18 bits per heavy atom. The van der Waals surface area contributed by atoms with Crippen LogP contribution in [0.25, 0.3) is 0 Å². The molecule has 94 valence electrons. The van der Waals surface area contributed by atoms with Gasteiger partial charge in [-0.05, 0) is 33.3 Å². The number of carbonyl (C=O) groups is 1. The van der Waals surface area contributed by atoms with Gasteiger partial charge in [0.05, 0.1) is 11.0 Å². The Labute approximate surface area is 108 Å². The highest BCUT2D eigenvalue weighted by Crippen LogP contribution is 2.24. The molecular weight excluding hydrogens is 234 g/mol. The van der Waals surface area contributed by atoms with Gasteiger partial charge in [0.15, 0.2) is 0 Å². The van der Waals surface area contributed by atoms with Crippen LogP contribution >= 0.6 is 11.6 Å². The third-order valence-corrected chi connectivity index (χ3v) is 3.54. The summed E-state index contributed by atoms with van der Waals surface area (Å²) >= 11 is 5.80. The molecule has 0 aromatic heterocycles. The first-order chi connectivity index (χ1) is 7.79. The van der Waals surface area contributed by atoms with Crippen LogP contribution in [0.3, 0.4) is 0 Å². The highest BCUT2D eigenvalue weighted by atomic mass is 35.5. The van der Waals surface area contributed by atoms with Gasteiger partial charge in [-0.2, -0.15) is 0 Å². The second-order valence-electron chi connectivity index (χ2n) is 5.46. The van der Waals surface area contributed by atoms with Crippen LogP contribution in [0.5, 0.6) is 0 Å². The lowest BCUT2D eigenvalue weighted by Crippen LogP contribution is -2.47. The van der Waals surface area contributed by atoms with Crippen molar-refractivity contribution in [2.24, 2.45) is 5.41 Å². The molecule has 1 rings (SSSR count). The third kappa shape index (κ3) is 3.47. The summed E-state index contributed by atoms with van der Waals surface area (Å²) in [4.78, 5) is 12.1. The van der Waals surface area contributed by atoms with Gasteiger partial charge in [-0.15, -0.1) is 11.6 Å². The minimum absolute atomic E-state index is 0.0265. The minimum atomic E-state index is -0.548. The Morgan fingerprint density at radius 2 is 1.71 bits per heavy atom. The number of rotatable bonds is 4. The zero-order valence-electron chi connectivity index (χ0n) is 10.9. The van der Waals surface area contributed by atoms with E-state index in [0.29, 0.717) is 5.88 Å². The van der Waals surface area contributed by atoms with Crippen molar-refractivity contribution < 1.29 is 4.79 Å². The summed E-state index contributed by atoms with van der Waals surface area (Å²) in [5.74, 6) is 0.283. The van der Waals surface area contributed by atoms with Crippen LogP contribution in [-0.4, -0.2) is 11.8 Å². The number of nitrogens with one attached hydrogen (secondary N) is 1. The zero-order chi connectivity index (χ0) is 13.1. The molecule has 0 spiro atoms. The van der Waals surface area contributed by atoms with Crippen molar-refractivity contribution in [3.05, 3.63) is 35.9 Å². The van der Waals surface area contributed by atoms with E-state index in [-0.39, 0.29) is 11.4 Å². The molecule has 1 aromatic rings. The molecule has 0 heterocycles. The van der Waals surface area contributed by atoms with E-state index in [1.54, 1.807) is 0 Å². The fraction of sp³-hybridized carbons (Fsp3) is 0.500. The lowest BCUT2D eigenvalue weighted by atomic mass is 9.90. The number of hydrogen-bond acceptors (Lipinski definition) is 1. The predicted molar refractivity (Wildman–Crippen MR) is 72.1 cm³/mol. The topological polar surface area (TPSA) is 29.1 Å². The molecule has 0 aliphatic carbocycles. The fourth-order valence-corrected chi connectivity index (χ4v) is 1.56. The Morgan fingerprint density at radius 1 is 1.18 bits per heavy atom. The molecule has 3 heteroatoms. The lowest BCUT2D eigenvalue weighted by Gasteiger charge is -2.31. The zero-order valence-corrected chi connectivity index (χ0v) is 11.6. The number of hydrogen-bond donors (Lipinski definition) is 1. The number of benzene rings is 1. The molecule has 2 nitrogen and oxygen atoms in total. The van der Waals surface area contributed by atoms with E-state index in [4.69, 9.17) is 11.6 Å². The van der Waals surface area contributed by atoms with Crippen molar-refractivity contribution in [1.29, 1.82) is 0 Å². The molecule has 0 saturated heterocycles. The summed E-state index contributed by atoms with van der Waals surface area (Å²) in [6, 6.07) is 9.91. The highest BCUT2D eigenvalue weighted by Gasteiger charge is 2.31. The van der Waals surface area contributed by atoms with E-state index in [9.17, 15) is 4.79 Å². The maximum absolute atomic E-state index is 12.1. The molecule has 1 amide bonds. The number of halogens is 1. The summed E-state index contributed by atoms with van der Waals surface area (Å²) in [7, 11) is 0. The average Bonchev–Trinajstić information content (AvgIpc) is 2.29. The summed E-state index contributed by atoms with van der Waals surface area (Å²) in [6.45, 7) is 7.67. The number of amides is 1. The van der Waals surface area contributed by atoms with Gasteiger partial charge in [-0.25, -0.2) is 0 Å². The molecule has 0 radical (unpaired) electrons.